The van der Waals surface area contributed by atoms with E-state index in [4.69, 9.17) is 21.3 Å². The van der Waals surface area contributed by atoms with E-state index < -0.39 is 0 Å². The third kappa shape index (κ3) is 3.31. The highest BCUT2D eigenvalue weighted by atomic mass is 35.5. The molecule has 5 nitrogen and oxygen atoms in total. The maximum absolute atomic E-state index is 6.34. The van der Waals surface area contributed by atoms with Crippen LogP contribution in [0, 0.1) is 6.92 Å². The van der Waals surface area contributed by atoms with E-state index in [1.54, 1.807) is 12.4 Å². The highest BCUT2D eigenvalue weighted by Gasteiger charge is 2.30. The van der Waals surface area contributed by atoms with Crippen LogP contribution in [-0.4, -0.2) is 34.1 Å². The van der Waals surface area contributed by atoms with E-state index in [1.165, 1.54) is 12.8 Å². The Morgan fingerprint density at radius 3 is 2.62 bits per heavy atom. The first kappa shape index (κ1) is 15.6. The monoisotopic (exact) mass is 344 g/mol. The molecule has 0 aromatic carbocycles. The quantitative estimate of drug-likeness (QED) is 0.790. The fraction of sp³-hybridized carbons (Fsp3) is 0.500. The van der Waals surface area contributed by atoms with E-state index in [-0.39, 0.29) is 6.10 Å². The number of aromatic nitrogens is 3. The van der Waals surface area contributed by atoms with Crippen molar-refractivity contribution in [2.75, 3.05) is 18.0 Å². The van der Waals surface area contributed by atoms with Gasteiger partial charge in [-0.05, 0) is 31.9 Å². The molecule has 0 radical (unpaired) electrons. The summed E-state index contributed by atoms with van der Waals surface area (Å²) in [5.74, 6) is 3.26. The lowest BCUT2D eigenvalue weighted by atomic mass is 10.1. The molecule has 1 aliphatic heterocycles. The number of pyridine rings is 1. The molecule has 2 aromatic heterocycles. The van der Waals surface area contributed by atoms with Gasteiger partial charge in [0.1, 0.15) is 28.6 Å². The van der Waals surface area contributed by atoms with E-state index >= 15 is 0 Å². The predicted molar refractivity (Wildman–Crippen MR) is 93.9 cm³/mol. The van der Waals surface area contributed by atoms with Crippen molar-refractivity contribution in [1.29, 1.82) is 0 Å². The van der Waals surface area contributed by atoms with Crippen LogP contribution in [-0.2, 0) is 0 Å². The van der Waals surface area contributed by atoms with Crippen LogP contribution in [0.5, 0.6) is 5.75 Å². The Labute approximate surface area is 147 Å². The van der Waals surface area contributed by atoms with Crippen LogP contribution in [0.15, 0.2) is 24.5 Å². The molecule has 0 amide bonds. The number of ether oxygens (including phenoxy) is 1. The summed E-state index contributed by atoms with van der Waals surface area (Å²) in [4.78, 5) is 15.7. The second kappa shape index (κ2) is 6.55. The standard InChI is InChI=1S/C18H21ClN4O/c1-12-16(19)21-17(13-4-5-13)22-18(12)23-9-6-14(7-10-23)24-15-3-2-8-20-11-15/h2-3,8,11,13-14H,4-7,9-10H2,1H3. The lowest BCUT2D eigenvalue weighted by Gasteiger charge is -2.33. The van der Waals surface area contributed by atoms with Crippen molar-refractivity contribution in [3.05, 3.63) is 41.1 Å². The molecule has 4 rings (SSSR count). The first-order chi connectivity index (χ1) is 11.7. The summed E-state index contributed by atoms with van der Waals surface area (Å²) in [6.45, 7) is 3.85. The molecule has 0 N–H and O–H groups in total. The fourth-order valence-electron chi connectivity index (χ4n) is 3.12. The van der Waals surface area contributed by atoms with Crippen molar-refractivity contribution in [3.63, 3.8) is 0 Å². The SMILES string of the molecule is Cc1c(Cl)nc(C2CC2)nc1N1CCC(Oc2cccnc2)CC1. The third-order valence-corrected chi connectivity index (χ3v) is 5.07. The Balaban J connectivity index is 1.44. The molecule has 0 atom stereocenters. The number of hydrogen-bond acceptors (Lipinski definition) is 5. The van der Waals surface area contributed by atoms with Crippen LogP contribution < -0.4 is 9.64 Å². The molecule has 0 bridgehead atoms. The number of halogens is 1. The van der Waals surface area contributed by atoms with Crippen molar-refractivity contribution in [2.24, 2.45) is 0 Å². The largest absolute Gasteiger partial charge is 0.489 e. The third-order valence-electron chi connectivity index (χ3n) is 4.70. The van der Waals surface area contributed by atoms with Gasteiger partial charge in [0.05, 0.1) is 6.20 Å². The van der Waals surface area contributed by atoms with Crippen LogP contribution >= 0.6 is 11.6 Å². The van der Waals surface area contributed by atoms with Crippen LogP contribution in [0.25, 0.3) is 0 Å². The van der Waals surface area contributed by atoms with Crippen LogP contribution in [0.4, 0.5) is 5.82 Å². The molecule has 2 fully saturated rings. The van der Waals surface area contributed by atoms with E-state index in [1.807, 2.05) is 19.1 Å². The van der Waals surface area contributed by atoms with Crippen LogP contribution in [0.1, 0.15) is 43.0 Å². The molecule has 6 heteroatoms. The maximum atomic E-state index is 6.34. The summed E-state index contributed by atoms with van der Waals surface area (Å²) < 4.78 is 6.02. The van der Waals surface area contributed by atoms with Crippen molar-refractivity contribution in [3.8, 4) is 5.75 Å². The molecule has 1 saturated heterocycles. The predicted octanol–water partition coefficient (Wildman–Crippen LogP) is 3.76. The summed E-state index contributed by atoms with van der Waals surface area (Å²) in [7, 11) is 0. The van der Waals surface area contributed by atoms with E-state index in [2.05, 4.69) is 14.9 Å². The van der Waals surface area contributed by atoms with Crippen molar-refractivity contribution in [1.82, 2.24) is 15.0 Å². The van der Waals surface area contributed by atoms with Crippen LogP contribution in [0.3, 0.4) is 0 Å². The smallest absolute Gasteiger partial charge is 0.137 e. The van der Waals surface area contributed by atoms with Gasteiger partial charge in [0.15, 0.2) is 0 Å². The van der Waals surface area contributed by atoms with E-state index in [9.17, 15) is 0 Å². The Morgan fingerprint density at radius 1 is 1.17 bits per heavy atom. The van der Waals surface area contributed by atoms with Gasteiger partial charge in [-0.15, -0.1) is 0 Å². The van der Waals surface area contributed by atoms with Gasteiger partial charge in [0.25, 0.3) is 0 Å². The Bertz CT molecular complexity index is 712. The summed E-state index contributed by atoms with van der Waals surface area (Å²) in [6.07, 6.45) is 8.05. The molecule has 1 aliphatic carbocycles. The average molecular weight is 345 g/mol. The minimum atomic E-state index is 0.228. The molecular weight excluding hydrogens is 324 g/mol. The zero-order valence-corrected chi connectivity index (χ0v) is 14.5. The number of hydrogen-bond donors (Lipinski definition) is 0. The summed E-state index contributed by atoms with van der Waals surface area (Å²) >= 11 is 6.34. The van der Waals surface area contributed by atoms with E-state index in [0.29, 0.717) is 11.1 Å². The molecule has 126 valence electrons. The second-order valence-electron chi connectivity index (χ2n) is 6.59. The molecular formula is C18H21ClN4O. The summed E-state index contributed by atoms with van der Waals surface area (Å²) in [5, 5.41) is 0.593. The number of nitrogens with zero attached hydrogens (tertiary/aromatic N) is 4. The minimum absolute atomic E-state index is 0.228. The van der Waals surface area contributed by atoms with Crippen molar-refractivity contribution in [2.45, 2.75) is 44.6 Å². The molecule has 0 spiro atoms. The lowest BCUT2D eigenvalue weighted by molar-refractivity contribution is 0.170. The van der Waals surface area contributed by atoms with Gasteiger partial charge in [-0.25, -0.2) is 9.97 Å². The Kier molecular flexibility index (Phi) is 4.27. The van der Waals surface area contributed by atoms with Gasteiger partial charge in [-0.2, -0.15) is 0 Å². The number of anilines is 1. The molecule has 1 saturated carbocycles. The molecule has 2 aliphatic rings. The average Bonchev–Trinajstić information content (AvgIpc) is 3.44. The van der Waals surface area contributed by atoms with E-state index in [0.717, 1.165) is 48.9 Å². The van der Waals surface area contributed by atoms with Crippen molar-refractivity contribution >= 4 is 17.4 Å². The molecule has 24 heavy (non-hydrogen) atoms. The molecule has 0 unspecified atom stereocenters. The van der Waals surface area contributed by atoms with Crippen LogP contribution in [0.2, 0.25) is 5.15 Å². The summed E-state index contributed by atoms with van der Waals surface area (Å²) in [6, 6.07) is 3.85. The highest BCUT2D eigenvalue weighted by Crippen LogP contribution is 2.40. The van der Waals surface area contributed by atoms with Gasteiger partial charge >= 0.3 is 0 Å². The fourth-order valence-corrected chi connectivity index (χ4v) is 3.29. The van der Waals surface area contributed by atoms with Gasteiger partial charge in [0, 0.05) is 43.6 Å². The highest BCUT2D eigenvalue weighted by molar-refractivity contribution is 6.30. The normalized spacial score (nSPS) is 18.7. The number of rotatable bonds is 4. The zero-order valence-electron chi connectivity index (χ0n) is 13.8. The minimum Gasteiger partial charge on any atom is -0.489 e. The zero-order chi connectivity index (χ0) is 16.5. The number of piperidine rings is 1. The first-order valence-corrected chi connectivity index (χ1v) is 8.94. The Morgan fingerprint density at radius 2 is 1.96 bits per heavy atom. The maximum Gasteiger partial charge on any atom is 0.137 e. The second-order valence-corrected chi connectivity index (χ2v) is 6.95. The van der Waals surface area contributed by atoms with Gasteiger partial charge in [-0.3, -0.25) is 4.98 Å². The van der Waals surface area contributed by atoms with Gasteiger partial charge < -0.3 is 9.64 Å². The Hall–Kier alpha value is -1.88. The molecule has 3 heterocycles. The first-order valence-electron chi connectivity index (χ1n) is 8.56. The topological polar surface area (TPSA) is 51.1 Å². The van der Waals surface area contributed by atoms with Gasteiger partial charge in [0.2, 0.25) is 0 Å². The lowest BCUT2D eigenvalue weighted by Crippen LogP contribution is -2.39. The van der Waals surface area contributed by atoms with Crippen molar-refractivity contribution < 1.29 is 4.74 Å². The summed E-state index contributed by atoms with van der Waals surface area (Å²) in [5.41, 5.74) is 0.979. The van der Waals surface area contributed by atoms with Gasteiger partial charge in [-0.1, -0.05) is 11.6 Å². The molecule has 2 aromatic rings.